The molecular formula is C27H25N3O8. The van der Waals surface area contributed by atoms with Crippen LogP contribution < -0.4 is 24.2 Å². The third kappa shape index (κ3) is 3.97. The van der Waals surface area contributed by atoms with Gasteiger partial charge in [-0.1, -0.05) is 30.3 Å². The lowest BCUT2D eigenvalue weighted by Gasteiger charge is -2.29. The van der Waals surface area contributed by atoms with Crippen LogP contribution >= 0.6 is 0 Å². The largest absolute Gasteiger partial charge is 0.493 e. The summed E-state index contributed by atoms with van der Waals surface area (Å²) in [5.41, 5.74) is 0.656. The van der Waals surface area contributed by atoms with E-state index in [9.17, 15) is 19.7 Å². The van der Waals surface area contributed by atoms with Crippen LogP contribution in [0.4, 0.5) is 17.1 Å². The van der Waals surface area contributed by atoms with Crippen molar-refractivity contribution in [3.8, 4) is 17.2 Å². The molecule has 2 amide bonds. The van der Waals surface area contributed by atoms with Gasteiger partial charge in [-0.3, -0.25) is 24.5 Å². The predicted molar refractivity (Wildman–Crippen MR) is 136 cm³/mol. The van der Waals surface area contributed by atoms with Gasteiger partial charge in [-0.05, 0) is 37.3 Å². The van der Waals surface area contributed by atoms with Crippen molar-refractivity contribution in [1.29, 1.82) is 0 Å². The molecule has 11 nitrogen and oxygen atoms in total. The molecule has 3 aromatic rings. The number of anilines is 2. The van der Waals surface area contributed by atoms with Crippen LogP contribution in [0.15, 0.2) is 66.7 Å². The lowest BCUT2D eigenvalue weighted by molar-refractivity contribution is -0.385. The van der Waals surface area contributed by atoms with Crippen molar-refractivity contribution in [2.75, 3.05) is 30.8 Å². The Morgan fingerprint density at radius 3 is 2.24 bits per heavy atom. The van der Waals surface area contributed by atoms with E-state index < -0.39 is 34.8 Å². The van der Waals surface area contributed by atoms with E-state index in [4.69, 9.17) is 19.0 Å². The standard InChI is InChI=1S/C27H25N3O8/c1-4-37-20-13-9-8-12-18(20)28-26(31)23-24(17-14-21(35-2)22(36-3)15-19(17)30(33)34)29(38-25(23)27(28)32)16-10-6-5-7-11-16/h5-15,23-25H,4H2,1-3H3/t23-,24-,25+/m1/s1. The molecule has 2 fully saturated rings. The van der Waals surface area contributed by atoms with Crippen LogP contribution in [0.5, 0.6) is 17.2 Å². The predicted octanol–water partition coefficient (Wildman–Crippen LogP) is 4.06. The molecule has 5 rings (SSSR count). The summed E-state index contributed by atoms with van der Waals surface area (Å²) in [6.45, 7) is 2.13. The van der Waals surface area contributed by atoms with E-state index in [-0.39, 0.29) is 28.4 Å². The molecule has 0 radical (unpaired) electrons. The van der Waals surface area contributed by atoms with Crippen molar-refractivity contribution in [3.63, 3.8) is 0 Å². The fourth-order valence-corrected chi connectivity index (χ4v) is 4.97. The van der Waals surface area contributed by atoms with E-state index in [1.165, 1.54) is 31.4 Å². The number of methoxy groups -OCH3 is 2. The highest BCUT2D eigenvalue weighted by Crippen LogP contribution is 2.51. The molecule has 0 N–H and O–H groups in total. The van der Waals surface area contributed by atoms with Gasteiger partial charge in [0.15, 0.2) is 17.6 Å². The van der Waals surface area contributed by atoms with E-state index in [1.54, 1.807) is 61.5 Å². The molecule has 2 aliphatic rings. The average molecular weight is 520 g/mol. The minimum Gasteiger partial charge on any atom is -0.493 e. The SMILES string of the molecule is CCOc1ccccc1N1C(=O)[C@H]2[C@H](ON(c3ccccc3)[C@@H]2c2cc(OC)c(OC)cc2[N+](=O)[O-])C1=O. The molecule has 2 saturated heterocycles. The Morgan fingerprint density at radius 2 is 1.58 bits per heavy atom. The lowest BCUT2D eigenvalue weighted by Crippen LogP contribution is -2.37. The zero-order valence-corrected chi connectivity index (χ0v) is 20.9. The minimum absolute atomic E-state index is 0.144. The van der Waals surface area contributed by atoms with Crippen molar-refractivity contribution < 1.29 is 33.6 Å². The van der Waals surface area contributed by atoms with Gasteiger partial charge in [-0.15, -0.1) is 0 Å². The number of nitro benzene ring substituents is 1. The lowest BCUT2D eigenvalue weighted by atomic mass is 9.89. The van der Waals surface area contributed by atoms with Gasteiger partial charge in [-0.2, -0.15) is 0 Å². The average Bonchev–Trinajstić information content (AvgIpc) is 3.44. The first kappa shape index (κ1) is 25.0. The fourth-order valence-electron chi connectivity index (χ4n) is 4.97. The number of hydrogen-bond donors (Lipinski definition) is 0. The van der Waals surface area contributed by atoms with Gasteiger partial charge in [0.25, 0.3) is 11.6 Å². The molecule has 38 heavy (non-hydrogen) atoms. The summed E-state index contributed by atoms with van der Waals surface area (Å²) in [6, 6.07) is 17.2. The summed E-state index contributed by atoms with van der Waals surface area (Å²) in [5.74, 6) is -1.47. The summed E-state index contributed by atoms with van der Waals surface area (Å²) < 4.78 is 16.4. The van der Waals surface area contributed by atoms with Crippen LogP contribution in [0.2, 0.25) is 0 Å². The number of carbonyl (C=O) groups excluding carboxylic acids is 2. The Bertz CT molecular complexity index is 1400. The smallest absolute Gasteiger partial charge is 0.278 e. The van der Waals surface area contributed by atoms with Crippen LogP contribution in [0.25, 0.3) is 0 Å². The molecule has 0 spiro atoms. The summed E-state index contributed by atoms with van der Waals surface area (Å²) in [7, 11) is 2.78. The number of benzene rings is 3. The highest BCUT2D eigenvalue weighted by Gasteiger charge is 2.61. The fraction of sp³-hybridized carbons (Fsp3) is 0.259. The van der Waals surface area contributed by atoms with Gasteiger partial charge in [-0.25, -0.2) is 9.96 Å². The molecule has 196 valence electrons. The number of carbonyl (C=O) groups is 2. The number of para-hydroxylation sites is 3. The maximum atomic E-state index is 14.0. The topological polar surface area (TPSA) is 121 Å². The van der Waals surface area contributed by atoms with Crippen LogP contribution in [-0.2, 0) is 14.4 Å². The Kier molecular flexibility index (Phi) is 6.60. The molecule has 3 atom stereocenters. The molecular weight excluding hydrogens is 494 g/mol. The molecule has 0 aromatic heterocycles. The maximum Gasteiger partial charge on any atom is 0.278 e. The van der Waals surface area contributed by atoms with Crippen LogP contribution in [0, 0.1) is 16.0 Å². The number of ether oxygens (including phenoxy) is 3. The van der Waals surface area contributed by atoms with Gasteiger partial charge in [0, 0.05) is 0 Å². The van der Waals surface area contributed by atoms with Gasteiger partial charge in [0.05, 0.1) is 48.8 Å². The van der Waals surface area contributed by atoms with Crippen molar-refractivity contribution in [2.45, 2.75) is 19.1 Å². The van der Waals surface area contributed by atoms with E-state index in [2.05, 4.69) is 0 Å². The van der Waals surface area contributed by atoms with Crippen LogP contribution in [0.3, 0.4) is 0 Å². The third-order valence-corrected chi connectivity index (χ3v) is 6.58. The van der Waals surface area contributed by atoms with Crippen molar-refractivity contribution in [3.05, 3.63) is 82.4 Å². The molecule has 0 saturated carbocycles. The number of rotatable bonds is 8. The maximum absolute atomic E-state index is 14.0. The zero-order chi connectivity index (χ0) is 27.0. The Balaban J connectivity index is 1.68. The second-order valence-electron chi connectivity index (χ2n) is 8.59. The van der Waals surface area contributed by atoms with Gasteiger partial charge in [0.1, 0.15) is 17.7 Å². The number of nitro groups is 1. The number of fused-ring (bicyclic) bond motifs is 1. The Morgan fingerprint density at radius 1 is 0.921 bits per heavy atom. The highest BCUT2D eigenvalue weighted by atomic mass is 16.7. The molecule has 3 aromatic carbocycles. The zero-order valence-electron chi connectivity index (χ0n) is 20.9. The highest BCUT2D eigenvalue weighted by molar-refractivity contribution is 6.24. The molecule has 2 heterocycles. The van der Waals surface area contributed by atoms with Gasteiger partial charge in [0.2, 0.25) is 5.91 Å². The molecule has 0 bridgehead atoms. The minimum atomic E-state index is -1.21. The molecule has 0 aliphatic carbocycles. The second-order valence-corrected chi connectivity index (χ2v) is 8.59. The summed E-state index contributed by atoms with van der Waals surface area (Å²) in [6.07, 6.45) is -1.21. The quantitative estimate of drug-likeness (QED) is 0.246. The number of nitrogens with zero attached hydrogens (tertiary/aromatic N) is 3. The van der Waals surface area contributed by atoms with E-state index in [1.807, 2.05) is 0 Å². The monoisotopic (exact) mass is 519 g/mol. The van der Waals surface area contributed by atoms with Crippen LogP contribution in [-0.4, -0.2) is 43.7 Å². The molecule has 0 unspecified atom stereocenters. The van der Waals surface area contributed by atoms with Crippen molar-refractivity contribution in [2.24, 2.45) is 5.92 Å². The van der Waals surface area contributed by atoms with E-state index >= 15 is 0 Å². The summed E-state index contributed by atoms with van der Waals surface area (Å²) in [4.78, 5) is 46.5. The molecule has 11 heteroatoms. The van der Waals surface area contributed by atoms with Gasteiger partial charge < -0.3 is 14.2 Å². The first-order valence-corrected chi connectivity index (χ1v) is 11.9. The van der Waals surface area contributed by atoms with Crippen molar-refractivity contribution in [1.82, 2.24) is 0 Å². The van der Waals surface area contributed by atoms with E-state index in [0.717, 1.165) is 4.90 Å². The number of amides is 2. The number of imide groups is 1. The summed E-state index contributed by atoms with van der Waals surface area (Å²) in [5, 5.41) is 13.6. The van der Waals surface area contributed by atoms with Gasteiger partial charge >= 0.3 is 0 Å². The van der Waals surface area contributed by atoms with Crippen molar-refractivity contribution >= 4 is 28.9 Å². The Hall–Kier alpha value is -4.64. The molecule has 2 aliphatic heterocycles. The third-order valence-electron chi connectivity index (χ3n) is 6.58. The summed E-state index contributed by atoms with van der Waals surface area (Å²) >= 11 is 0. The van der Waals surface area contributed by atoms with Crippen LogP contribution in [0.1, 0.15) is 18.5 Å². The van der Waals surface area contributed by atoms with E-state index in [0.29, 0.717) is 18.0 Å². The first-order valence-electron chi connectivity index (χ1n) is 11.9. The first-order chi connectivity index (χ1) is 18.4. The second kappa shape index (κ2) is 10.0. The number of hydroxylamine groups is 1. The normalized spacial score (nSPS) is 20.4. The number of hydrogen-bond acceptors (Lipinski definition) is 9. The Labute approximate surface area is 218 Å².